The predicted molar refractivity (Wildman–Crippen MR) is 125 cm³/mol. The van der Waals surface area contributed by atoms with Crippen molar-refractivity contribution in [2.24, 2.45) is 4.99 Å². The predicted octanol–water partition coefficient (Wildman–Crippen LogP) is 3.94. The molecule has 2 heterocycles. The topological polar surface area (TPSA) is 113 Å². The molecule has 0 spiro atoms. The number of halogens is 1. The first-order valence-corrected chi connectivity index (χ1v) is 12.0. The molecule has 11 heteroatoms. The number of carbonyl (C=O) groups is 1. The van der Waals surface area contributed by atoms with Crippen LogP contribution in [0.5, 0.6) is 0 Å². The van der Waals surface area contributed by atoms with Crippen LogP contribution in [0.1, 0.15) is 12.5 Å². The lowest BCUT2D eigenvalue weighted by molar-refractivity contribution is -0.115. The molecule has 2 aromatic carbocycles. The van der Waals surface area contributed by atoms with Crippen molar-refractivity contribution in [1.82, 2.24) is 15.3 Å². The van der Waals surface area contributed by atoms with Gasteiger partial charge in [0.25, 0.3) is 5.91 Å². The number of fused-ring (bicyclic) bond motifs is 1. The Hall–Kier alpha value is -2.95. The summed E-state index contributed by atoms with van der Waals surface area (Å²) in [6, 6.07) is 10.1. The quantitative estimate of drug-likeness (QED) is 0.542. The van der Waals surface area contributed by atoms with Crippen LogP contribution in [-0.2, 0) is 14.8 Å². The minimum Gasteiger partial charge on any atom is -0.300 e. The third-order valence-electron chi connectivity index (χ3n) is 4.26. The number of anilines is 1. The van der Waals surface area contributed by atoms with Gasteiger partial charge in [-0.25, -0.2) is 13.4 Å². The first-order chi connectivity index (χ1) is 14.8. The molecular weight excluding hydrogens is 458 g/mol. The van der Waals surface area contributed by atoms with Gasteiger partial charge in [0.1, 0.15) is 0 Å². The lowest BCUT2D eigenvalue weighted by Gasteiger charge is -2.07. The summed E-state index contributed by atoms with van der Waals surface area (Å²) in [6.07, 6.45) is 4.97. The molecular formula is C20H16ClN5O3S2. The summed E-state index contributed by atoms with van der Waals surface area (Å²) < 4.78 is 26.0. The second kappa shape index (κ2) is 8.66. The van der Waals surface area contributed by atoms with E-state index in [1.54, 1.807) is 37.5 Å². The number of thioether (sulfide) groups is 1. The average Bonchev–Trinajstić information content (AvgIpc) is 3.09. The number of nitrogens with zero attached hydrogens (tertiary/aromatic N) is 3. The van der Waals surface area contributed by atoms with Crippen LogP contribution in [0, 0.1) is 0 Å². The highest BCUT2D eigenvalue weighted by Gasteiger charge is 2.24. The molecule has 31 heavy (non-hydrogen) atoms. The third-order valence-corrected chi connectivity index (χ3v) is 6.80. The van der Waals surface area contributed by atoms with E-state index >= 15 is 0 Å². The van der Waals surface area contributed by atoms with Gasteiger partial charge in [-0.1, -0.05) is 17.7 Å². The molecule has 1 aromatic heterocycles. The van der Waals surface area contributed by atoms with Crippen molar-refractivity contribution in [1.29, 1.82) is 0 Å². The van der Waals surface area contributed by atoms with Gasteiger partial charge in [-0.05, 0) is 60.7 Å². The summed E-state index contributed by atoms with van der Waals surface area (Å²) in [4.78, 5) is 25.7. The molecule has 1 aliphatic heterocycles. The first-order valence-electron chi connectivity index (χ1n) is 9.13. The second-order valence-corrected chi connectivity index (χ2v) is 9.91. The summed E-state index contributed by atoms with van der Waals surface area (Å²) in [5.41, 5.74) is 2.98. The molecule has 0 unspecified atom stereocenters. The van der Waals surface area contributed by atoms with Crippen LogP contribution in [0.2, 0.25) is 5.02 Å². The van der Waals surface area contributed by atoms with E-state index in [0.717, 1.165) is 28.4 Å². The Morgan fingerprint density at radius 2 is 1.94 bits per heavy atom. The lowest BCUT2D eigenvalue weighted by Crippen LogP contribution is -2.19. The molecule has 0 atom stereocenters. The SMILES string of the molecule is CCS(=O)(=O)Nc1ccc(Cl)c(N=C2NC(=O)/C(=C\c3ccc4nccnc4c3)S2)c1. The summed E-state index contributed by atoms with van der Waals surface area (Å²) in [5, 5.41) is 3.36. The first kappa shape index (κ1) is 21.3. The van der Waals surface area contributed by atoms with E-state index in [2.05, 4.69) is 25.0 Å². The number of hydrogen-bond acceptors (Lipinski definition) is 7. The van der Waals surface area contributed by atoms with Gasteiger partial charge >= 0.3 is 0 Å². The number of sulfonamides is 1. The van der Waals surface area contributed by atoms with E-state index < -0.39 is 10.0 Å². The highest BCUT2D eigenvalue weighted by Crippen LogP contribution is 2.33. The third kappa shape index (κ3) is 5.04. The van der Waals surface area contributed by atoms with Crippen LogP contribution in [0.15, 0.2) is 58.7 Å². The largest absolute Gasteiger partial charge is 0.300 e. The molecule has 1 amide bonds. The molecule has 0 radical (unpaired) electrons. The maximum Gasteiger partial charge on any atom is 0.264 e. The average molecular weight is 474 g/mol. The molecule has 3 aromatic rings. The van der Waals surface area contributed by atoms with Gasteiger partial charge in [0.15, 0.2) is 5.17 Å². The highest BCUT2D eigenvalue weighted by molar-refractivity contribution is 8.18. The lowest BCUT2D eigenvalue weighted by atomic mass is 10.2. The maximum atomic E-state index is 12.4. The second-order valence-electron chi connectivity index (χ2n) is 6.46. The zero-order valence-corrected chi connectivity index (χ0v) is 18.6. The molecule has 1 saturated heterocycles. The van der Waals surface area contributed by atoms with Crippen LogP contribution >= 0.6 is 23.4 Å². The van der Waals surface area contributed by atoms with E-state index in [1.807, 2.05) is 18.2 Å². The monoisotopic (exact) mass is 473 g/mol. The Morgan fingerprint density at radius 1 is 1.16 bits per heavy atom. The number of benzene rings is 2. The maximum absolute atomic E-state index is 12.4. The minimum atomic E-state index is -3.43. The van der Waals surface area contributed by atoms with Crippen molar-refractivity contribution >= 4 is 72.9 Å². The molecule has 0 bridgehead atoms. The number of carbonyl (C=O) groups excluding carboxylic acids is 1. The molecule has 158 valence electrons. The minimum absolute atomic E-state index is 0.0557. The van der Waals surface area contributed by atoms with E-state index in [-0.39, 0.29) is 11.7 Å². The van der Waals surface area contributed by atoms with Gasteiger partial charge < -0.3 is 5.32 Å². The Balaban J connectivity index is 1.59. The fourth-order valence-corrected chi connectivity index (χ4v) is 4.35. The zero-order valence-electron chi connectivity index (χ0n) is 16.2. The number of hydrogen-bond donors (Lipinski definition) is 2. The Kier molecular flexibility index (Phi) is 5.94. The van der Waals surface area contributed by atoms with Crippen LogP contribution in [0.25, 0.3) is 17.1 Å². The zero-order chi connectivity index (χ0) is 22.0. The van der Waals surface area contributed by atoms with Crippen molar-refractivity contribution in [3.8, 4) is 0 Å². The molecule has 8 nitrogen and oxygen atoms in total. The Morgan fingerprint density at radius 3 is 2.71 bits per heavy atom. The van der Waals surface area contributed by atoms with E-state index in [9.17, 15) is 13.2 Å². The summed E-state index contributed by atoms with van der Waals surface area (Å²) >= 11 is 7.37. The molecule has 1 aliphatic rings. The van der Waals surface area contributed by atoms with Crippen LogP contribution in [-0.4, -0.2) is 35.2 Å². The van der Waals surface area contributed by atoms with Crippen molar-refractivity contribution in [2.45, 2.75) is 6.92 Å². The molecule has 1 fully saturated rings. The summed E-state index contributed by atoms with van der Waals surface area (Å²) in [7, 11) is -3.43. The molecule has 2 N–H and O–H groups in total. The normalized spacial score (nSPS) is 16.8. The van der Waals surface area contributed by atoms with Crippen LogP contribution in [0.4, 0.5) is 11.4 Å². The molecule has 0 saturated carbocycles. The fourth-order valence-electron chi connectivity index (χ4n) is 2.72. The fraction of sp³-hybridized carbons (Fsp3) is 0.100. The number of aromatic nitrogens is 2. The van der Waals surface area contributed by atoms with E-state index in [1.165, 1.54) is 6.07 Å². The number of aliphatic imine (C=N–C) groups is 1. The Bertz CT molecular complexity index is 1360. The van der Waals surface area contributed by atoms with Crippen molar-refractivity contribution in [2.75, 3.05) is 10.5 Å². The smallest absolute Gasteiger partial charge is 0.264 e. The van der Waals surface area contributed by atoms with Crippen LogP contribution < -0.4 is 10.0 Å². The van der Waals surface area contributed by atoms with Crippen LogP contribution in [0.3, 0.4) is 0 Å². The Labute approximate surface area is 187 Å². The number of amidine groups is 1. The van der Waals surface area contributed by atoms with Gasteiger partial charge in [0, 0.05) is 12.4 Å². The number of amides is 1. The van der Waals surface area contributed by atoms with Gasteiger partial charge in [0.05, 0.1) is 38.1 Å². The standard InChI is InChI=1S/C20H16ClN5O3S2/c1-2-31(28,29)26-13-4-5-14(21)16(11-13)24-20-25-19(27)18(30-20)10-12-3-6-15-17(9-12)23-8-7-22-15/h3-11,26H,2H2,1H3,(H,24,25,27)/b18-10+. The van der Waals surface area contributed by atoms with Gasteiger partial charge in [-0.15, -0.1) is 0 Å². The summed E-state index contributed by atoms with van der Waals surface area (Å²) in [5.74, 6) is -0.346. The molecule has 0 aliphatic carbocycles. The summed E-state index contributed by atoms with van der Waals surface area (Å²) in [6.45, 7) is 1.54. The van der Waals surface area contributed by atoms with Crippen molar-refractivity contribution in [3.05, 3.63) is 64.3 Å². The van der Waals surface area contributed by atoms with Crippen molar-refractivity contribution in [3.63, 3.8) is 0 Å². The number of nitrogens with one attached hydrogen (secondary N) is 2. The van der Waals surface area contributed by atoms with Gasteiger partial charge in [0.2, 0.25) is 10.0 Å². The van der Waals surface area contributed by atoms with Gasteiger partial charge in [-0.3, -0.25) is 19.5 Å². The van der Waals surface area contributed by atoms with E-state index in [0.29, 0.717) is 26.5 Å². The van der Waals surface area contributed by atoms with Gasteiger partial charge in [-0.2, -0.15) is 0 Å². The molecule has 4 rings (SSSR count). The highest BCUT2D eigenvalue weighted by atomic mass is 35.5. The number of rotatable bonds is 5. The van der Waals surface area contributed by atoms with Crippen molar-refractivity contribution < 1.29 is 13.2 Å². The van der Waals surface area contributed by atoms with E-state index in [4.69, 9.17) is 11.6 Å².